The Labute approximate surface area is 115 Å². The maximum atomic E-state index is 6.11. The van der Waals surface area contributed by atoms with Crippen LogP contribution in [0.5, 0.6) is 0 Å². The number of hydrogen-bond donors (Lipinski definition) is 0. The topological polar surface area (TPSA) is 9.23 Å². The van der Waals surface area contributed by atoms with E-state index >= 15 is 0 Å². The molecule has 0 N–H and O–H groups in total. The van der Waals surface area contributed by atoms with E-state index < -0.39 is 0 Å². The van der Waals surface area contributed by atoms with Gasteiger partial charge in [0.05, 0.1) is 6.10 Å². The predicted molar refractivity (Wildman–Crippen MR) is 77.5 cm³/mol. The van der Waals surface area contributed by atoms with Gasteiger partial charge in [0.1, 0.15) is 0 Å². The van der Waals surface area contributed by atoms with Crippen molar-refractivity contribution in [3.05, 3.63) is 35.4 Å². The fourth-order valence-electron chi connectivity index (χ4n) is 2.64. The summed E-state index contributed by atoms with van der Waals surface area (Å²) in [5.74, 6) is 1.21. The Morgan fingerprint density at radius 1 is 1.33 bits per heavy atom. The molecule has 0 amide bonds. The van der Waals surface area contributed by atoms with Gasteiger partial charge in [-0.25, -0.2) is 0 Å². The predicted octanol–water partition coefficient (Wildman–Crippen LogP) is 4.67. The number of ether oxygens (including phenoxy) is 1. The largest absolute Gasteiger partial charge is 0.378 e. The molecule has 1 aromatic rings. The maximum Gasteiger partial charge on any atom is 0.0576 e. The SMILES string of the molecule is Cc1ccc(C(CCl)CCCC2CCCO2)cc1. The van der Waals surface area contributed by atoms with Crippen molar-refractivity contribution < 1.29 is 4.74 Å². The highest BCUT2D eigenvalue weighted by Gasteiger charge is 2.16. The van der Waals surface area contributed by atoms with E-state index in [0.29, 0.717) is 17.9 Å². The summed E-state index contributed by atoms with van der Waals surface area (Å²) in [6.45, 7) is 3.08. The highest BCUT2D eigenvalue weighted by atomic mass is 35.5. The smallest absolute Gasteiger partial charge is 0.0576 e. The fraction of sp³-hybridized carbons (Fsp3) is 0.625. The lowest BCUT2D eigenvalue weighted by Gasteiger charge is -2.16. The number of hydrogen-bond acceptors (Lipinski definition) is 1. The summed E-state index contributed by atoms with van der Waals surface area (Å²) in [5.41, 5.74) is 2.69. The Morgan fingerprint density at radius 2 is 2.11 bits per heavy atom. The molecule has 0 bridgehead atoms. The first kappa shape index (κ1) is 13.9. The molecule has 1 aliphatic heterocycles. The van der Waals surface area contributed by atoms with E-state index in [1.807, 2.05) is 0 Å². The van der Waals surface area contributed by atoms with Crippen LogP contribution in [-0.4, -0.2) is 18.6 Å². The van der Waals surface area contributed by atoms with Crippen molar-refractivity contribution in [1.82, 2.24) is 0 Å². The average molecular weight is 267 g/mol. The van der Waals surface area contributed by atoms with Crippen LogP contribution in [0.1, 0.15) is 49.1 Å². The zero-order chi connectivity index (χ0) is 12.8. The van der Waals surface area contributed by atoms with Gasteiger partial charge in [0, 0.05) is 12.5 Å². The van der Waals surface area contributed by atoms with Crippen LogP contribution < -0.4 is 0 Å². The lowest BCUT2D eigenvalue weighted by molar-refractivity contribution is 0.102. The quantitative estimate of drug-likeness (QED) is 0.680. The molecule has 2 heteroatoms. The van der Waals surface area contributed by atoms with E-state index in [4.69, 9.17) is 16.3 Å². The summed E-state index contributed by atoms with van der Waals surface area (Å²) in [7, 11) is 0. The second-order valence-electron chi connectivity index (χ2n) is 5.33. The molecule has 2 rings (SSSR count). The summed E-state index contributed by atoms with van der Waals surface area (Å²) < 4.78 is 5.66. The summed E-state index contributed by atoms with van der Waals surface area (Å²) >= 11 is 6.11. The molecule has 1 aliphatic rings. The molecule has 1 fully saturated rings. The minimum atomic E-state index is 0.494. The van der Waals surface area contributed by atoms with Gasteiger partial charge in [-0.2, -0.15) is 0 Å². The van der Waals surface area contributed by atoms with E-state index in [0.717, 1.165) is 6.61 Å². The zero-order valence-electron chi connectivity index (χ0n) is 11.2. The fourth-order valence-corrected chi connectivity index (χ4v) is 2.97. The summed E-state index contributed by atoms with van der Waals surface area (Å²) in [6.07, 6.45) is 6.58. The second kappa shape index (κ2) is 7.16. The zero-order valence-corrected chi connectivity index (χ0v) is 12.0. The highest BCUT2D eigenvalue weighted by Crippen LogP contribution is 2.26. The molecule has 2 atom stereocenters. The van der Waals surface area contributed by atoms with Crippen LogP contribution in [0.25, 0.3) is 0 Å². The molecular weight excluding hydrogens is 244 g/mol. The van der Waals surface area contributed by atoms with Crippen molar-refractivity contribution in [2.75, 3.05) is 12.5 Å². The monoisotopic (exact) mass is 266 g/mol. The summed E-state index contributed by atoms with van der Waals surface area (Å²) in [6, 6.07) is 8.78. The minimum absolute atomic E-state index is 0.494. The van der Waals surface area contributed by atoms with E-state index in [2.05, 4.69) is 31.2 Å². The van der Waals surface area contributed by atoms with Crippen LogP contribution in [0.2, 0.25) is 0 Å². The van der Waals surface area contributed by atoms with Crippen molar-refractivity contribution in [2.24, 2.45) is 0 Å². The van der Waals surface area contributed by atoms with Gasteiger partial charge in [0.15, 0.2) is 0 Å². The van der Waals surface area contributed by atoms with Gasteiger partial charge >= 0.3 is 0 Å². The van der Waals surface area contributed by atoms with Crippen LogP contribution in [0.3, 0.4) is 0 Å². The van der Waals surface area contributed by atoms with Crippen LogP contribution in [-0.2, 0) is 4.74 Å². The third-order valence-electron chi connectivity index (χ3n) is 3.84. The molecule has 0 aromatic heterocycles. The number of benzene rings is 1. The van der Waals surface area contributed by atoms with Gasteiger partial charge in [-0.05, 0) is 44.1 Å². The number of aryl methyl sites for hydroxylation is 1. The molecule has 2 unspecified atom stereocenters. The van der Waals surface area contributed by atoms with Gasteiger partial charge in [0.25, 0.3) is 0 Å². The molecular formula is C16H23ClO. The summed E-state index contributed by atoms with van der Waals surface area (Å²) in [5, 5.41) is 0. The first-order valence-corrected chi connectivity index (χ1v) is 7.57. The van der Waals surface area contributed by atoms with Crippen molar-refractivity contribution in [3.8, 4) is 0 Å². The number of halogens is 1. The maximum absolute atomic E-state index is 6.11. The van der Waals surface area contributed by atoms with E-state index in [1.165, 1.54) is 43.2 Å². The van der Waals surface area contributed by atoms with Crippen molar-refractivity contribution in [1.29, 1.82) is 0 Å². The van der Waals surface area contributed by atoms with Crippen LogP contribution >= 0.6 is 11.6 Å². The Morgan fingerprint density at radius 3 is 2.72 bits per heavy atom. The van der Waals surface area contributed by atoms with Crippen LogP contribution in [0.15, 0.2) is 24.3 Å². The van der Waals surface area contributed by atoms with Crippen LogP contribution in [0, 0.1) is 6.92 Å². The molecule has 0 aliphatic carbocycles. The van der Waals surface area contributed by atoms with Crippen LogP contribution in [0.4, 0.5) is 0 Å². The molecule has 18 heavy (non-hydrogen) atoms. The number of alkyl halides is 1. The minimum Gasteiger partial charge on any atom is -0.378 e. The lowest BCUT2D eigenvalue weighted by Crippen LogP contribution is -2.07. The Kier molecular flexibility index (Phi) is 5.52. The van der Waals surface area contributed by atoms with Gasteiger partial charge in [-0.3, -0.25) is 0 Å². The van der Waals surface area contributed by atoms with E-state index in [9.17, 15) is 0 Å². The molecule has 0 saturated carbocycles. The molecule has 100 valence electrons. The molecule has 0 radical (unpaired) electrons. The molecule has 1 heterocycles. The molecule has 1 saturated heterocycles. The van der Waals surface area contributed by atoms with E-state index in [-0.39, 0.29) is 0 Å². The van der Waals surface area contributed by atoms with Gasteiger partial charge < -0.3 is 4.74 Å². The molecule has 1 aromatic carbocycles. The third-order valence-corrected chi connectivity index (χ3v) is 4.21. The lowest BCUT2D eigenvalue weighted by atomic mass is 9.93. The van der Waals surface area contributed by atoms with Crippen molar-refractivity contribution >= 4 is 11.6 Å². The van der Waals surface area contributed by atoms with Gasteiger partial charge in [0.2, 0.25) is 0 Å². The van der Waals surface area contributed by atoms with Crippen molar-refractivity contribution in [3.63, 3.8) is 0 Å². The van der Waals surface area contributed by atoms with E-state index in [1.54, 1.807) is 0 Å². The van der Waals surface area contributed by atoms with Gasteiger partial charge in [-0.15, -0.1) is 11.6 Å². The summed E-state index contributed by atoms with van der Waals surface area (Å²) in [4.78, 5) is 0. The average Bonchev–Trinajstić information content (AvgIpc) is 2.89. The molecule has 1 nitrogen and oxygen atoms in total. The first-order valence-electron chi connectivity index (χ1n) is 7.03. The second-order valence-corrected chi connectivity index (χ2v) is 5.64. The molecule has 0 spiro atoms. The standard InChI is InChI=1S/C16H23ClO/c1-13-7-9-14(10-8-13)15(12-17)4-2-5-16-6-3-11-18-16/h7-10,15-16H,2-6,11-12H2,1H3. The third kappa shape index (κ3) is 4.00. The van der Waals surface area contributed by atoms with Gasteiger partial charge in [-0.1, -0.05) is 36.2 Å². The Balaban J connectivity index is 1.79. The Bertz CT molecular complexity index is 341. The Hall–Kier alpha value is -0.530. The highest BCUT2D eigenvalue weighted by molar-refractivity contribution is 6.18. The first-order chi connectivity index (χ1) is 8.79. The normalized spacial score (nSPS) is 21.1. The van der Waals surface area contributed by atoms with Crippen molar-refractivity contribution in [2.45, 2.75) is 51.0 Å². The number of rotatable bonds is 6.